The summed E-state index contributed by atoms with van der Waals surface area (Å²) in [6, 6.07) is 5.33. The minimum absolute atomic E-state index is 0.812. The topological polar surface area (TPSA) is 9.23 Å². The Hall–Kier alpha value is -0.646. The third-order valence-corrected chi connectivity index (χ3v) is 15.1. The van der Waals surface area contributed by atoms with Crippen LogP contribution < -0.4 is 0 Å². The molecule has 0 bridgehead atoms. The molecule has 0 amide bonds. The van der Waals surface area contributed by atoms with Crippen LogP contribution in [0.15, 0.2) is 50.6 Å². The molecule has 0 aliphatic heterocycles. The van der Waals surface area contributed by atoms with Gasteiger partial charge < -0.3 is 4.12 Å². The van der Waals surface area contributed by atoms with Crippen molar-refractivity contribution in [3.05, 3.63) is 50.6 Å². The summed E-state index contributed by atoms with van der Waals surface area (Å²) < 4.78 is 7.05. The highest BCUT2D eigenvalue weighted by atomic mass is 28.4. The summed E-state index contributed by atoms with van der Waals surface area (Å²) in [6.07, 6.45) is 10.9. The molecule has 1 nitrogen and oxygen atoms in total. The summed E-state index contributed by atoms with van der Waals surface area (Å²) in [5, 5.41) is 0. The highest BCUT2D eigenvalue weighted by Gasteiger charge is 2.51. The smallest absolute Gasteiger partial charge is 0.190 e. The molecule has 0 radical (unpaired) electrons. The van der Waals surface area contributed by atoms with Crippen LogP contribution in [-0.2, 0) is 4.12 Å². The van der Waals surface area contributed by atoms with Gasteiger partial charge in [0.25, 0.3) is 0 Å². The molecule has 1 aliphatic carbocycles. The van der Waals surface area contributed by atoms with Crippen LogP contribution in [0.5, 0.6) is 0 Å². The Bertz CT molecular complexity index is 338. The van der Waals surface area contributed by atoms with Gasteiger partial charge in [-0.15, -0.1) is 26.3 Å². The average Bonchev–Trinajstić information content (AvgIpc) is 3.24. The van der Waals surface area contributed by atoms with Gasteiger partial charge in [0.15, 0.2) is 16.6 Å². The number of hydrogen-bond acceptors (Lipinski definition) is 1. The predicted octanol–water partition coefficient (Wildman–Crippen LogP) is 5.82. The van der Waals surface area contributed by atoms with Crippen molar-refractivity contribution in [3.63, 3.8) is 0 Å². The molecule has 0 heterocycles. The van der Waals surface area contributed by atoms with Gasteiger partial charge in [-0.2, -0.15) is 0 Å². The summed E-state index contributed by atoms with van der Waals surface area (Å²) in [4.78, 5) is 0. The Morgan fingerprint density at radius 3 is 1.65 bits per heavy atom. The van der Waals surface area contributed by atoms with Crippen LogP contribution in [0.2, 0.25) is 35.8 Å². The largest absolute Gasteiger partial charge is 0.454 e. The molecular weight excluding hydrogens is 276 g/mol. The fourth-order valence-electron chi connectivity index (χ4n) is 3.17. The Kier molecular flexibility index (Phi) is 6.93. The first-order chi connectivity index (χ1) is 9.62. The van der Waals surface area contributed by atoms with Crippen LogP contribution in [0, 0.1) is 0 Å². The fraction of sp³-hybridized carbons (Fsp3) is 0.529. The molecule has 1 rings (SSSR count). The zero-order chi connectivity index (χ0) is 15.1. The van der Waals surface area contributed by atoms with Crippen LogP contribution in [0.3, 0.4) is 0 Å². The fourth-order valence-corrected chi connectivity index (χ4v) is 14.0. The zero-order valence-electron chi connectivity index (χ0n) is 13.1. The van der Waals surface area contributed by atoms with E-state index in [0.29, 0.717) is 0 Å². The number of rotatable bonds is 12. The van der Waals surface area contributed by atoms with Crippen LogP contribution in [-0.4, -0.2) is 16.6 Å². The molecule has 0 aromatic rings. The molecule has 0 unspecified atom stereocenters. The Balaban J connectivity index is 3.03. The van der Waals surface area contributed by atoms with E-state index in [2.05, 4.69) is 45.4 Å². The first kappa shape index (κ1) is 17.4. The molecule has 0 aromatic heterocycles. The molecule has 1 aliphatic rings. The molecule has 3 heteroatoms. The summed E-state index contributed by atoms with van der Waals surface area (Å²) >= 11 is 0. The molecule has 0 atom stereocenters. The molecule has 1 saturated carbocycles. The van der Waals surface area contributed by atoms with Crippen LogP contribution in [0.1, 0.15) is 19.8 Å². The molecule has 0 spiro atoms. The second-order valence-corrected chi connectivity index (χ2v) is 14.4. The summed E-state index contributed by atoms with van der Waals surface area (Å²) in [5.41, 5.74) is 0.812. The van der Waals surface area contributed by atoms with E-state index < -0.39 is 16.6 Å². The monoisotopic (exact) mass is 306 g/mol. The molecular formula is C17H30OSi2. The highest BCUT2D eigenvalue weighted by molar-refractivity contribution is 6.89. The number of allylic oxidation sites excluding steroid dienone is 4. The second kappa shape index (κ2) is 7.96. The quantitative estimate of drug-likeness (QED) is 0.326. The van der Waals surface area contributed by atoms with Gasteiger partial charge in [0.05, 0.1) is 0 Å². The van der Waals surface area contributed by atoms with Gasteiger partial charge in [-0.05, 0) is 35.8 Å². The number of hydrogen-bond donors (Lipinski definition) is 0. The van der Waals surface area contributed by atoms with Crippen molar-refractivity contribution in [1.82, 2.24) is 0 Å². The first-order valence-electron chi connectivity index (χ1n) is 7.75. The lowest BCUT2D eigenvalue weighted by Crippen LogP contribution is -2.51. The first-order valence-corrected chi connectivity index (χ1v) is 12.7. The van der Waals surface area contributed by atoms with E-state index in [-0.39, 0.29) is 0 Å². The van der Waals surface area contributed by atoms with Crippen molar-refractivity contribution in [2.45, 2.75) is 55.5 Å². The summed E-state index contributed by atoms with van der Waals surface area (Å²) in [5.74, 6) is 0. The maximum atomic E-state index is 7.05. The van der Waals surface area contributed by atoms with Crippen molar-refractivity contribution in [2.75, 3.05) is 0 Å². The van der Waals surface area contributed by atoms with E-state index in [1.807, 2.05) is 12.2 Å². The van der Waals surface area contributed by atoms with Crippen molar-refractivity contribution in [3.8, 4) is 0 Å². The van der Waals surface area contributed by atoms with Crippen molar-refractivity contribution in [1.29, 1.82) is 0 Å². The average molecular weight is 307 g/mol. The minimum Gasteiger partial charge on any atom is -0.454 e. The molecule has 0 aromatic carbocycles. The van der Waals surface area contributed by atoms with Crippen LogP contribution in [0.25, 0.3) is 0 Å². The van der Waals surface area contributed by atoms with Gasteiger partial charge in [0.1, 0.15) is 0 Å². The minimum atomic E-state index is -1.77. The third kappa shape index (κ3) is 4.17. The lowest BCUT2D eigenvalue weighted by molar-refractivity contribution is 0.517. The maximum Gasteiger partial charge on any atom is 0.190 e. The maximum absolute atomic E-state index is 7.05. The van der Waals surface area contributed by atoms with E-state index >= 15 is 0 Å². The van der Waals surface area contributed by atoms with E-state index in [1.165, 1.54) is 12.8 Å². The van der Waals surface area contributed by atoms with Crippen molar-refractivity contribution < 1.29 is 4.12 Å². The Morgan fingerprint density at radius 2 is 1.35 bits per heavy atom. The van der Waals surface area contributed by atoms with E-state index in [0.717, 1.165) is 35.8 Å². The predicted molar refractivity (Wildman–Crippen MR) is 96.1 cm³/mol. The molecule has 0 N–H and O–H groups in total. The third-order valence-electron chi connectivity index (χ3n) is 4.40. The highest BCUT2D eigenvalue weighted by Crippen LogP contribution is 2.51. The van der Waals surface area contributed by atoms with Crippen LogP contribution in [0.4, 0.5) is 0 Å². The van der Waals surface area contributed by atoms with E-state index in [1.54, 1.807) is 0 Å². The van der Waals surface area contributed by atoms with Gasteiger partial charge in [-0.1, -0.05) is 44.1 Å². The molecule has 1 fully saturated rings. The van der Waals surface area contributed by atoms with Crippen molar-refractivity contribution in [2.24, 2.45) is 0 Å². The van der Waals surface area contributed by atoms with Gasteiger partial charge in [-0.25, -0.2) is 0 Å². The van der Waals surface area contributed by atoms with Gasteiger partial charge >= 0.3 is 0 Å². The van der Waals surface area contributed by atoms with Gasteiger partial charge in [0.2, 0.25) is 0 Å². The standard InChI is InChI=1S/C17H30OSi2/c1-6-13-19(10-5,14-7-2)18-20(15-8-3,16-9-4)17-11-12-17/h6-9,17H,1-4,10-16H2,5H3. The SMILES string of the molecule is C=CC[Si](CC)(CC=C)O[Si](CC=C)(CC=C)C1CC1. The molecule has 20 heavy (non-hydrogen) atoms. The molecule has 0 saturated heterocycles. The summed E-state index contributed by atoms with van der Waals surface area (Å²) in [7, 11) is -3.53. The van der Waals surface area contributed by atoms with Crippen molar-refractivity contribution >= 4 is 16.6 Å². The van der Waals surface area contributed by atoms with Gasteiger partial charge in [-0.3, -0.25) is 0 Å². The normalized spacial score (nSPS) is 15.7. The van der Waals surface area contributed by atoms with E-state index in [4.69, 9.17) is 4.12 Å². The van der Waals surface area contributed by atoms with Gasteiger partial charge in [0, 0.05) is 0 Å². The Morgan fingerprint density at radius 1 is 0.900 bits per heavy atom. The lowest BCUT2D eigenvalue weighted by atomic mass is 10.7. The zero-order valence-corrected chi connectivity index (χ0v) is 15.1. The van der Waals surface area contributed by atoms with Crippen LogP contribution >= 0.6 is 0 Å². The second-order valence-electron chi connectivity index (χ2n) is 5.95. The Labute approximate surface area is 127 Å². The molecule has 112 valence electrons. The van der Waals surface area contributed by atoms with E-state index in [9.17, 15) is 0 Å². The summed E-state index contributed by atoms with van der Waals surface area (Å²) in [6.45, 7) is 18.1. The lowest BCUT2D eigenvalue weighted by Gasteiger charge is -2.41.